The molecule has 0 saturated heterocycles. The first-order chi connectivity index (χ1) is 14.0. The minimum absolute atomic E-state index is 1.16. The molecule has 0 unspecified atom stereocenters. The molecule has 0 radical (unpaired) electrons. The van der Waals surface area contributed by atoms with E-state index < -0.39 is 6.15 Å². The second-order valence-electron chi connectivity index (χ2n) is 8.40. The van der Waals surface area contributed by atoms with Crippen molar-refractivity contribution in [2.75, 3.05) is 0 Å². The zero-order valence-electron chi connectivity index (χ0n) is 17.7. The van der Waals surface area contributed by atoms with E-state index in [-0.39, 0.29) is 0 Å². The fraction of sp³-hybridized carbons (Fsp3) is 0.143. The molecule has 0 aliphatic heterocycles. The predicted molar refractivity (Wildman–Crippen MR) is 128 cm³/mol. The Morgan fingerprint density at radius 3 is 1.21 bits per heavy atom. The lowest BCUT2D eigenvalue weighted by Gasteiger charge is -2.41. The molecule has 142 valence electrons. The van der Waals surface area contributed by atoms with Crippen molar-refractivity contribution in [2.24, 2.45) is 0 Å². The highest BCUT2D eigenvalue weighted by molar-refractivity contribution is 7.16. The van der Waals surface area contributed by atoms with Crippen LogP contribution >= 0.6 is 0 Å². The van der Waals surface area contributed by atoms with Crippen molar-refractivity contribution in [1.29, 1.82) is 0 Å². The maximum absolute atomic E-state index is 3.46. The number of hydrogen-bond donors (Lipinski definition) is 0. The minimum Gasteiger partial charge on any atom is -0.181 e. The third-order valence-corrected chi connectivity index (χ3v) is 6.22. The fourth-order valence-corrected chi connectivity index (χ4v) is 4.50. The van der Waals surface area contributed by atoms with Gasteiger partial charge in [-0.1, -0.05) is 95.0 Å². The molecule has 1 aliphatic rings. The molecule has 4 rings (SSSR count). The van der Waals surface area contributed by atoms with Crippen molar-refractivity contribution >= 4 is 22.5 Å². The third-order valence-electron chi connectivity index (χ3n) is 6.22. The van der Waals surface area contributed by atoms with Crippen LogP contribution in [0, 0.1) is 26.8 Å². The molecule has 1 heteroatoms. The minimum atomic E-state index is -1.30. The third kappa shape index (κ3) is 3.51. The molecule has 1 aliphatic carbocycles. The van der Waals surface area contributed by atoms with Gasteiger partial charge in [0.25, 0.3) is 0 Å². The van der Waals surface area contributed by atoms with Crippen LogP contribution in [-0.2, 0) is 0 Å². The van der Waals surface area contributed by atoms with Crippen LogP contribution in [0.4, 0.5) is 0 Å². The number of benzene rings is 3. The van der Waals surface area contributed by atoms with Gasteiger partial charge in [0, 0.05) is 18.2 Å². The van der Waals surface area contributed by atoms with Crippen LogP contribution in [0.3, 0.4) is 0 Å². The van der Waals surface area contributed by atoms with Crippen LogP contribution in [0.25, 0.3) is 0 Å². The Balaban J connectivity index is 2.09. The molecule has 0 nitrogen and oxygen atoms in total. The van der Waals surface area contributed by atoms with Crippen LogP contribution in [0.15, 0.2) is 102 Å². The van der Waals surface area contributed by atoms with E-state index in [1.165, 1.54) is 38.6 Å². The zero-order valence-corrected chi connectivity index (χ0v) is 17.7. The SMILES string of the molecule is CC1=[C+]C=C([B-](c2ccc(C)cc2)(c2ccc(C)cc2)c2ccc(C)cc2)C=C1. The van der Waals surface area contributed by atoms with E-state index in [9.17, 15) is 0 Å². The summed E-state index contributed by atoms with van der Waals surface area (Å²) in [6.07, 6.45) is 8.82. The maximum atomic E-state index is 3.46. The van der Waals surface area contributed by atoms with Crippen molar-refractivity contribution < 1.29 is 0 Å². The smallest absolute Gasteiger partial charge is 0.171 e. The first-order valence-electron chi connectivity index (χ1n) is 10.4. The summed E-state index contributed by atoms with van der Waals surface area (Å²) in [7, 11) is 0. The first-order valence-corrected chi connectivity index (χ1v) is 10.4. The summed E-state index contributed by atoms with van der Waals surface area (Å²) in [5, 5.41) is 0. The van der Waals surface area contributed by atoms with Crippen LogP contribution in [0.1, 0.15) is 23.6 Å². The number of hydrogen-bond acceptors (Lipinski definition) is 0. The Bertz CT molecular complexity index is 982. The van der Waals surface area contributed by atoms with E-state index in [0.29, 0.717) is 0 Å². The van der Waals surface area contributed by atoms with Gasteiger partial charge >= 0.3 is 0 Å². The van der Waals surface area contributed by atoms with Crippen LogP contribution in [0.5, 0.6) is 0 Å². The summed E-state index contributed by atoms with van der Waals surface area (Å²) in [4.78, 5) is 0. The van der Waals surface area contributed by atoms with Gasteiger partial charge in [0.1, 0.15) is 5.57 Å². The molecular weight excluding hydrogens is 347 g/mol. The summed E-state index contributed by atoms with van der Waals surface area (Å²) >= 11 is 0. The van der Waals surface area contributed by atoms with Crippen molar-refractivity contribution in [3.8, 4) is 0 Å². The molecule has 3 aromatic rings. The summed E-state index contributed by atoms with van der Waals surface area (Å²) < 4.78 is 0. The van der Waals surface area contributed by atoms with E-state index in [1.54, 1.807) is 0 Å². The highest BCUT2D eigenvalue weighted by Crippen LogP contribution is 2.22. The second-order valence-corrected chi connectivity index (χ2v) is 8.40. The van der Waals surface area contributed by atoms with Crippen molar-refractivity contribution in [2.45, 2.75) is 27.7 Å². The van der Waals surface area contributed by atoms with Gasteiger partial charge in [0.15, 0.2) is 6.15 Å². The van der Waals surface area contributed by atoms with Crippen LogP contribution in [0.2, 0.25) is 0 Å². The first kappa shape index (κ1) is 19.2. The predicted octanol–water partition coefficient (Wildman–Crippen LogP) is 4.87. The summed E-state index contributed by atoms with van der Waals surface area (Å²) in [6.45, 7) is 8.55. The highest BCUT2D eigenvalue weighted by atomic mass is 14.1. The normalized spacial score (nSPS) is 13.5. The quantitative estimate of drug-likeness (QED) is 0.452. The Hall–Kier alpha value is -3.15. The molecule has 0 fully saturated rings. The van der Waals surface area contributed by atoms with Gasteiger partial charge in [-0.15, -0.1) is 0 Å². The van der Waals surface area contributed by atoms with E-state index in [0.717, 1.165) is 5.57 Å². The van der Waals surface area contributed by atoms with E-state index in [4.69, 9.17) is 0 Å². The Morgan fingerprint density at radius 1 is 0.517 bits per heavy atom. The molecule has 29 heavy (non-hydrogen) atoms. The largest absolute Gasteiger partial charge is 0.181 e. The van der Waals surface area contributed by atoms with Crippen LogP contribution < -0.4 is 16.4 Å². The lowest BCUT2D eigenvalue weighted by Crippen LogP contribution is -2.68. The van der Waals surface area contributed by atoms with E-state index in [2.05, 4.69) is 125 Å². The van der Waals surface area contributed by atoms with Gasteiger partial charge in [-0.2, -0.15) is 16.4 Å². The molecule has 0 aromatic heterocycles. The molecule has 0 bridgehead atoms. The molecule has 0 spiro atoms. The van der Waals surface area contributed by atoms with Crippen molar-refractivity contribution in [3.63, 3.8) is 0 Å². The van der Waals surface area contributed by atoms with Crippen LogP contribution in [-0.4, -0.2) is 6.15 Å². The molecule has 3 aromatic carbocycles. The number of aryl methyl sites for hydroxylation is 3. The Labute approximate surface area is 175 Å². The zero-order chi connectivity index (χ0) is 20.4. The number of rotatable bonds is 4. The molecule has 0 atom stereocenters. The molecule has 0 heterocycles. The average molecular weight is 374 g/mol. The Morgan fingerprint density at radius 2 is 0.897 bits per heavy atom. The molecule has 0 N–H and O–H groups in total. The van der Waals surface area contributed by atoms with Crippen molar-refractivity contribution in [1.82, 2.24) is 0 Å². The van der Waals surface area contributed by atoms with Gasteiger partial charge in [-0.25, -0.2) is 0 Å². The Kier molecular flexibility index (Phi) is 5.09. The van der Waals surface area contributed by atoms with E-state index >= 15 is 0 Å². The fourth-order valence-electron chi connectivity index (χ4n) is 4.50. The van der Waals surface area contributed by atoms with Gasteiger partial charge < -0.3 is 0 Å². The summed E-state index contributed by atoms with van der Waals surface area (Å²) in [6, 6.07) is 27.2. The summed E-state index contributed by atoms with van der Waals surface area (Å²) in [5.41, 5.74) is 10.3. The standard InChI is InChI=1S/C28H27B/c1-21-5-13-25(14-6-21)29(26-15-7-22(2)8-16-26,27-17-9-23(3)10-18-27)28-19-11-24(4)12-20-28/h5-11,13-20H,1-4H3. The van der Waals surface area contributed by atoms with Crippen molar-refractivity contribution in [3.05, 3.63) is 125 Å². The van der Waals surface area contributed by atoms with Gasteiger partial charge in [0.05, 0.1) is 6.08 Å². The monoisotopic (exact) mass is 374 g/mol. The maximum Gasteiger partial charge on any atom is 0.171 e. The highest BCUT2D eigenvalue weighted by Gasteiger charge is 2.37. The average Bonchev–Trinajstić information content (AvgIpc) is 2.73. The molecular formula is C28H27B. The second kappa shape index (κ2) is 7.70. The lowest BCUT2D eigenvalue weighted by molar-refractivity contribution is 1.44. The lowest BCUT2D eigenvalue weighted by atomic mass is 9.12. The number of allylic oxidation sites excluding steroid dienone is 6. The molecule has 0 saturated carbocycles. The molecule has 0 amide bonds. The van der Waals surface area contributed by atoms with Gasteiger partial charge in [0.2, 0.25) is 0 Å². The summed E-state index contributed by atoms with van der Waals surface area (Å²) in [5.74, 6) is 0. The van der Waals surface area contributed by atoms with Gasteiger partial charge in [-0.3, -0.25) is 0 Å². The van der Waals surface area contributed by atoms with Gasteiger partial charge in [-0.05, 0) is 27.7 Å². The topological polar surface area (TPSA) is 0 Å². The van der Waals surface area contributed by atoms with E-state index in [1.807, 2.05) is 0 Å².